The van der Waals surface area contributed by atoms with Crippen LogP contribution < -0.4 is 24.8 Å². The smallest absolute Gasteiger partial charge is 0.262 e. The van der Waals surface area contributed by atoms with Crippen LogP contribution in [0, 0.1) is 0 Å². The molecule has 14 nitrogen and oxygen atoms in total. The molecule has 0 bridgehead atoms. The number of aromatic nitrogens is 2. The number of amides is 4. The van der Waals surface area contributed by atoms with E-state index in [1.165, 1.54) is 6.20 Å². The van der Waals surface area contributed by atoms with Gasteiger partial charge < -0.3 is 14.8 Å². The lowest BCUT2D eigenvalue weighted by Gasteiger charge is -2.27. The van der Waals surface area contributed by atoms with Crippen molar-refractivity contribution in [2.75, 3.05) is 29.4 Å². The number of carbonyl (C=O) groups excluding carboxylic acids is 4. The van der Waals surface area contributed by atoms with Crippen molar-refractivity contribution in [2.24, 2.45) is 0 Å². The summed E-state index contributed by atoms with van der Waals surface area (Å²) in [6, 6.07) is 21.3. The second-order valence-electron chi connectivity index (χ2n) is 13.0. The normalized spacial score (nSPS) is 16.0. The van der Waals surface area contributed by atoms with Crippen LogP contribution in [0.3, 0.4) is 0 Å². The first-order valence-corrected chi connectivity index (χ1v) is 18.5. The van der Waals surface area contributed by atoms with E-state index in [1.54, 1.807) is 24.3 Å². The Hall–Kier alpha value is -5.83. The highest BCUT2D eigenvalue weighted by Crippen LogP contribution is 2.34. The van der Waals surface area contributed by atoms with E-state index < -0.39 is 39.7 Å². The van der Waals surface area contributed by atoms with Gasteiger partial charge in [-0.05, 0) is 72.5 Å². The Morgan fingerprint density at radius 1 is 0.885 bits per heavy atom. The molecule has 52 heavy (non-hydrogen) atoms. The first-order chi connectivity index (χ1) is 24.8. The Morgan fingerprint density at radius 3 is 2.19 bits per heavy atom. The summed E-state index contributed by atoms with van der Waals surface area (Å²) in [6.45, 7) is 5.43. The number of ether oxygens (including phenoxy) is 2. The second kappa shape index (κ2) is 14.8. The summed E-state index contributed by atoms with van der Waals surface area (Å²) < 4.78 is 37.0. The van der Waals surface area contributed by atoms with E-state index in [0.717, 1.165) is 28.0 Å². The number of nitrogens with zero attached hydrogens (tertiary/aromatic N) is 3. The molecule has 0 saturated carbocycles. The third-order valence-corrected chi connectivity index (χ3v) is 9.44. The van der Waals surface area contributed by atoms with Gasteiger partial charge in [0.1, 0.15) is 24.1 Å². The average molecular weight is 727 g/mol. The quantitative estimate of drug-likeness (QED) is 0.126. The molecule has 270 valence electrons. The van der Waals surface area contributed by atoms with Gasteiger partial charge in [-0.15, -0.1) is 0 Å². The van der Waals surface area contributed by atoms with Crippen molar-refractivity contribution in [1.29, 1.82) is 0 Å². The molecule has 0 aliphatic carbocycles. The van der Waals surface area contributed by atoms with Crippen LogP contribution in [0.25, 0.3) is 0 Å². The maximum Gasteiger partial charge on any atom is 0.262 e. The summed E-state index contributed by atoms with van der Waals surface area (Å²) in [5.74, 6) is -0.765. The number of hydrogen-bond donors (Lipinski definition) is 3. The molecule has 1 unspecified atom stereocenters. The lowest BCUT2D eigenvalue weighted by atomic mass is 9.78. The minimum absolute atomic E-state index is 0.0103. The van der Waals surface area contributed by atoms with Crippen LogP contribution in [0.1, 0.15) is 70.6 Å². The number of piperidine rings is 1. The van der Waals surface area contributed by atoms with Gasteiger partial charge >= 0.3 is 0 Å². The van der Waals surface area contributed by atoms with Gasteiger partial charge in [0.05, 0.1) is 29.7 Å². The van der Waals surface area contributed by atoms with E-state index in [-0.39, 0.29) is 41.9 Å². The number of carbonyl (C=O) groups is 4. The first-order valence-electron chi connectivity index (χ1n) is 16.6. The van der Waals surface area contributed by atoms with Crippen molar-refractivity contribution in [1.82, 2.24) is 20.2 Å². The van der Waals surface area contributed by atoms with E-state index >= 15 is 0 Å². The topological polar surface area (TPSA) is 186 Å². The van der Waals surface area contributed by atoms with Gasteiger partial charge in [0.2, 0.25) is 27.8 Å². The van der Waals surface area contributed by atoms with Crippen LogP contribution in [0.2, 0.25) is 0 Å². The van der Waals surface area contributed by atoms with Crippen molar-refractivity contribution in [3.05, 3.63) is 107 Å². The molecule has 1 aromatic heterocycles. The van der Waals surface area contributed by atoms with Crippen LogP contribution in [0.5, 0.6) is 11.5 Å². The molecule has 1 fully saturated rings. The zero-order chi connectivity index (χ0) is 37.0. The fourth-order valence-corrected chi connectivity index (χ4v) is 6.46. The number of anilines is 2. The lowest BCUT2D eigenvalue weighted by Crippen LogP contribution is -2.54. The molecule has 6 rings (SSSR count). The van der Waals surface area contributed by atoms with Gasteiger partial charge in [-0.1, -0.05) is 38.1 Å². The summed E-state index contributed by atoms with van der Waals surface area (Å²) in [5.41, 5.74) is 3.54. The maximum atomic E-state index is 13.1. The highest BCUT2D eigenvalue weighted by Gasteiger charge is 2.44. The molecule has 4 amide bonds. The van der Waals surface area contributed by atoms with Crippen LogP contribution >= 0.6 is 0 Å². The minimum Gasteiger partial charge on any atom is -0.494 e. The summed E-state index contributed by atoms with van der Waals surface area (Å²) in [5, 5.41) is 5.46. The number of hydrogen-bond acceptors (Lipinski definition) is 11. The predicted molar refractivity (Wildman–Crippen MR) is 192 cm³/mol. The van der Waals surface area contributed by atoms with Crippen molar-refractivity contribution in [3.8, 4) is 11.5 Å². The molecule has 3 heterocycles. The average Bonchev–Trinajstić information content (AvgIpc) is 3.35. The van der Waals surface area contributed by atoms with Gasteiger partial charge in [-0.25, -0.2) is 18.4 Å². The summed E-state index contributed by atoms with van der Waals surface area (Å²) >= 11 is 0. The van der Waals surface area contributed by atoms with Crippen molar-refractivity contribution in [3.63, 3.8) is 0 Å². The minimum atomic E-state index is -3.49. The molecule has 1 saturated heterocycles. The number of benzene rings is 3. The van der Waals surface area contributed by atoms with E-state index in [9.17, 15) is 27.6 Å². The first kappa shape index (κ1) is 36.0. The fraction of sp³-hybridized carbons (Fsp3) is 0.297. The molecule has 0 radical (unpaired) electrons. The van der Waals surface area contributed by atoms with Crippen molar-refractivity contribution < 1.29 is 37.1 Å². The molecule has 4 aromatic rings. The van der Waals surface area contributed by atoms with Gasteiger partial charge in [-0.3, -0.25) is 34.1 Å². The van der Waals surface area contributed by atoms with Crippen LogP contribution in [0.4, 0.5) is 11.6 Å². The van der Waals surface area contributed by atoms with Crippen LogP contribution in [-0.2, 0) is 31.6 Å². The Kier molecular flexibility index (Phi) is 10.2. The Labute approximate surface area is 301 Å². The predicted octanol–water partition coefficient (Wildman–Crippen LogP) is 4.04. The number of imide groups is 2. The SMILES string of the molecule is CC(C)(c1ccc(OCCCNc2ccc3c(c2)C(=O)N(C2CCC(=O)NC2=O)C3=O)cc1)c1ccc(OCc2ccnc(NS(C)(=O)=O)n2)cc1. The number of nitrogens with one attached hydrogen (secondary N) is 3. The molecule has 2 aliphatic heterocycles. The third kappa shape index (κ3) is 8.20. The summed E-state index contributed by atoms with van der Waals surface area (Å²) in [6.07, 6.45) is 3.35. The van der Waals surface area contributed by atoms with Gasteiger partial charge in [-0.2, -0.15) is 0 Å². The van der Waals surface area contributed by atoms with Crippen molar-refractivity contribution >= 4 is 45.3 Å². The zero-order valence-electron chi connectivity index (χ0n) is 28.8. The largest absolute Gasteiger partial charge is 0.494 e. The molecule has 3 aromatic carbocycles. The Bertz CT molecular complexity index is 2120. The molecule has 15 heteroatoms. The Morgan fingerprint density at radius 2 is 1.54 bits per heavy atom. The molecule has 2 aliphatic rings. The second-order valence-corrected chi connectivity index (χ2v) is 14.8. The molecule has 1 atom stereocenters. The lowest BCUT2D eigenvalue weighted by molar-refractivity contribution is -0.136. The van der Waals surface area contributed by atoms with Crippen LogP contribution in [0.15, 0.2) is 79.0 Å². The standard InChI is InChI=1S/C37H38N6O8S/c1-37(2,24-7-12-28(13-8-24)51-22-26-17-19-39-36(40-26)42-52(3,48)49)23-5-10-27(11-6-23)50-20-4-18-38-25-9-14-29-30(21-25)35(47)43(34(29)46)31-15-16-32(44)41-33(31)45/h5-14,17,19,21,31,38H,4,15-16,18,20,22H2,1-3H3,(H,39,40,42)(H,41,44,45). The summed E-state index contributed by atoms with van der Waals surface area (Å²) in [4.78, 5) is 58.8. The molecule has 0 spiro atoms. The van der Waals surface area contributed by atoms with Gasteiger partial charge in [0, 0.05) is 30.3 Å². The van der Waals surface area contributed by atoms with E-state index in [0.29, 0.717) is 36.7 Å². The highest BCUT2D eigenvalue weighted by molar-refractivity contribution is 7.92. The third-order valence-electron chi connectivity index (χ3n) is 8.89. The molecular weight excluding hydrogens is 689 g/mol. The number of sulfonamides is 1. The molecule has 3 N–H and O–H groups in total. The number of rotatable bonds is 14. The monoisotopic (exact) mass is 726 g/mol. The van der Waals surface area contributed by atoms with Gasteiger partial charge in [0.25, 0.3) is 11.8 Å². The van der Waals surface area contributed by atoms with Crippen molar-refractivity contribution in [2.45, 2.75) is 51.2 Å². The molecular formula is C37H38N6O8S. The highest BCUT2D eigenvalue weighted by atomic mass is 32.2. The van der Waals surface area contributed by atoms with Crippen LogP contribution in [-0.4, -0.2) is 72.4 Å². The van der Waals surface area contributed by atoms with Gasteiger partial charge in [0.15, 0.2) is 0 Å². The van der Waals surface area contributed by atoms with E-state index in [2.05, 4.69) is 39.2 Å². The number of fused-ring (bicyclic) bond motifs is 1. The zero-order valence-corrected chi connectivity index (χ0v) is 29.7. The Balaban J connectivity index is 0.960. The van der Waals surface area contributed by atoms with E-state index in [1.807, 2.05) is 48.5 Å². The van der Waals surface area contributed by atoms with E-state index in [4.69, 9.17) is 9.47 Å². The fourth-order valence-electron chi connectivity index (χ4n) is 6.03. The maximum absolute atomic E-state index is 13.1. The summed E-state index contributed by atoms with van der Waals surface area (Å²) in [7, 11) is -3.49.